The van der Waals surface area contributed by atoms with Gasteiger partial charge in [-0.2, -0.15) is 0 Å². The Hall–Kier alpha value is -4.27. The minimum atomic E-state index is -1.86. The summed E-state index contributed by atoms with van der Waals surface area (Å²) < 4.78 is 47.9. The molecule has 5 aromatic carbocycles. The number of halogens is 1. The van der Waals surface area contributed by atoms with Gasteiger partial charge in [-0.3, -0.25) is 0 Å². The summed E-state index contributed by atoms with van der Waals surface area (Å²) in [5.74, 6) is 2.87. The zero-order chi connectivity index (χ0) is 40.6. The summed E-state index contributed by atoms with van der Waals surface area (Å²) >= 11 is 6.98. The average Bonchev–Trinajstić information content (AvgIpc) is 3.59. The smallest absolute Gasteiger partial charge is 0.225 e. The van der Waals surface area contributed by atoms with Crippen LogP contribution < -0.4 is 4.74 Å². The Kier molecular flexibility index (Phi) is 13.5. The highest BCUT2D eigenvalue weighted by atomic mass is 35.5. The van der Waals surface area contributed by atoms with Crippen LogP contribution in [0.3, 0.4) is 0 Å². The molecule has 2 saturated heterocycles. The van der Waals surface area contributed by atoms with Crippen molar-refractivity contribution in [3.8, 4) is 17.2 Å². The molecule has 0 N–H and O–H groups in total. The van der Waals surface area contributed by atoms with Gasteiger partial charge in [-0.15, -0.1) is 5.54 Å². The van der Waals surface area contributed by atoms with Crippen molar-refractivity contribution in [3.63, 3.8) is 0 Å². The van der Waals surface area contributed by atoms with Crippen LogP contribution in [0, 0.1) is 11.5 Å². The highest BCUT2D eigenvalue weighted by Gasteiger charge is 2.72. The fourth-order valence-corrected chi connectivity index (χ4v) is 8.41. The van der Waals surface area contributed by atoms with Gasteiger partial charge in [0.15, 0.2) is 11.7 Å². The number of fused-ring (bicyclic) bond motifs is 2. The molecule has 2 aliphatic heterocycles. The van der Waals surface area contributed by atoms with Gasteiger partial charge in [0.05, 0.1) is 33.0 Å². The Morgan fingerprint density at radius 2 is 1.29 bits per heavy atom. The molecule has 0 aliphatic carbocycles. The summed E-state index contributed by atoms with van der Waals surface area (Å²) in [6.45, 7) is 10.2. The molecule has 5 aromatic rings. The van der Waals surface area contributed by atoms with Crippen molar-refractivity contribution in [1.82, 2.24) is 0 Å². The van der Waals surface area contributed by atoms with Gasteiger partial charge < -0.3 is 33.2 Å². The Balaban J connectivity index is 1.37. The molecule has 0 aromatic heterocycles. The predicted molar refractivity (Wildman–Crippen MR) is 230 cm³/mol. The Morgan fingerprint density at radius 3 is 1.84 bits per heavy atom. The molecule has 2 aliphatic rings. The molecule has 0 radical (unpaired) electrons. The van der Waals surface area contributed by atoms with E-state index in [0.29, 0.717) is 31.3 Å². The van der Waals surface area contributed by atoms with Crippen LogP contribution in [0.1, 0.15) is 40.3 Å². The van der Waals surface area contributed by atoms with Crippen molar-refractivity contribution < 1.29 is 33.2 Å². The fraction of sp³-hybridized carbons (Fsp3) is 0.347. The van der Waals surface area contributed by atoms with Gasteiger partial charge in [0.25, 0.3) is 0 Å². The molecule has 2 fully saturated rings. The second-order valence-corrected chi connectivity index (χ2v) is 21.1. The van der Waals surface area contributed by atoms with E-state index < -0.39 is 43.9 Å². The molecule has 0 spiro atoms. The van der Waals surface area contributed by atoms with Crippen LogP contribution in [0.15, 0.2) is 133 Å². The molecule has 2 heterocycles. The van der Waals surface area contributed by atoms with Crippen LogP contribution in [-0.2, 0) is 60.4 Å². The number of hydrogen-bond acceptors (Lipinski definition) is 7. The molecule has 6 atom stereocenters. The lowest BCUT2D eigenvalue weighted by Crippen LogP contribution is -2.69. The lowest BCUT2D eigenvalue weighted by molar-refractivity contribution is -0.358. The van der Waals surface area contributed by atoms with Crippen LogP contribution in [0.4, 0.5) is 0 Å². The summed E-state index contributed by atoms with van der Waals surface area (Å²) in [4.78, 5) is 0. The summed E-state index contributed by atoms with van der Waals surface area (Å²) in [5, 5.41) is 0.632. The van der Waals surface area contributed by atoms with Crippen molar-refractivity contribution in [2.24, 2.45) is 0 Å². The van der Waals surface area contributed by atoms with Gasteiger partial charge in [-0.1, -0.05) is 146 Å². The van der Waals surface area contributed by atoms with E-state index in [0.717, 1.165) is 39.1 Å². The quantitative estimate of drug-likeness (QED) is 0.0726. The summed E-state index contributed by atoms with van der Waals surface area (Å²) in [6, 6.07) is 44.4. The van der Waals surface area contributed by atoms with Crippen LogP contribution in [0.5, 0.6) is 5.75 Å². The minimum Gasteiger partial charge on any atom is -0.494 e. The van der Waals surface area contributed by atoms with Crippen LogP contribution in [0.2, 0.25) is 24.7 Å². The monoisotopic (exact) mass is 816 g/mol. The van der Waals surface area contributed by atoms with E-state index >= 15 is 0 Å². The summed E-state index contributed by atoms with van der Waals surface area (Å²) in [5.41, 5.74) is 8.10. The number of methoxy groups -OCH3 is 1. The van der Waals surface area contributed by atoms with Gasteiger partial charge in [-0.05, 0) is 65.4 Å². The first-order chi connectivity index (χ1) is 28.1. The third-order valence-electron chi connectivity index (χ3n) is 10.5. The maximum Gasteiger partial charge on any atom is 0.225 e. The van der Waals surface area contributed by atoms with Crippen LogP contribution in [0.25, 0.3) is 0 Å². The van der Waals surface area contributed by atoms with E-state index in [4.69, 9.17) is 44.8 Å². The van der Waals surface area contributed by atoms with Gasteiger partial charge in [0.1, 0.15) is 32.1 Å². The van der Waals surface area contributed by atoms with Crippen LogP contribution in [-0.4, -0.2) is 58.4 Å². The standard InChI is InChI=1S/C49H53ClO7Si/c1-6-52-42-25-22-36(23-26-42)30-40-31-41(24-27-43(40)50)49-47(55-34-39-20-14-9-15-21-39)45(53-32-37-16-10-7-11-17-37)46(54-33-38-18-12-8-13-19-38)48(57-49,35-56-49)44(51-2)28-29-58(3,4)5/h7-27,31,44-47H,6,30,32-35H2,1-5H3/t44?,45-,46-,47+,48+,49-/m0/s1. The minimum absolute atomic E-state index is 0.110. The third-order valence-corrected chi connectivity index (χ3v) is 11.7. The number of hydrogen-bond donors (Lipinski definition) is 0. The Labute approximate surface area is 349 Å². The molecule has 58 heavy (non-hydrogen) atoms. The highest BCUT2D eigenvalue weighted by molar-refractivity contribution is 6.83. The first-order valence-electron chi connectivity index (χ1n) is 20.0. The SMILES string of the molecule is CCOc1ccc(Cc2cc([C@]34OC[C@](C(C#C[Si](C)(C)C)OC)(O3)[C@@H](OCc3ccccc3)[C@H](OCc3ccccc3)[C@H]4OCc3ccccc3)ccc2Cl)cc1. The predicted octanol–water partition coefficient (Wildman–Crippen LogP) is 9.93. The Morgan fingerprint density at radius 1 is 0.724 bits per heavy atom. The van der Waals surface area contributed by atoms with E-state index in [9.17, 15) is 0 Å². The molecule has 0 amide bonds. The van der Waals surface area contributed by atoms with Crippen molar-refractivity contribution in [2.45, 2.75) is 88.6 Å². The van der Waals surface area contributed by atoms with Gasteiger partial charge in [0.2, 0.25) is 5.79 Å². The molecule has 1 unspecified atom stereocenters. The molecular weight excluding hydrogens is 764 g/mol. The molecular formula is C49H53ClO7Si. The van der Waals surface area contributed by atoms with Gasteiger partial charge >= 0.3 is 0 Å². The zero-order valence-corrected chi connectivity index (χ0v) is 35.7. The number of benzene rings is 5. The molecule has 302 valence electrons. The topological polar surface area (TPSA) is 64.6 Å². The normalized spacial score (nSPS) is 23.2. The second kappa shape index (κ2) is 18.8. The second-order valence-electron chi connectivity index (χ2n) is 15.9. The molecule has 9 heteroatoms. The Bertz CT molecular complexity index is 2140. The largest absolute Gasteiger partial charge is 0.494 e. The fourth-order valence-electron chi connectivity index (χ4n) is 7.66. The molecule has 0 saturated carbocycles. The highest BCUT2D eigenvalue weighted by Crippen LogP contribution is 2.55. The van der Waals surface area contributed by atoms with Gasteiger partial charge in [0, 0.05) is 17.7 Å². The molecule has 2 bridgehead atoms. The van der Waals surface area contributed by atoms with Crippen molar-refractivity contribution in [2.75, 3.05) is 20.3 Å². The lowest BCUT2D eigenvalue weighted by Gasteiger charge is -2.52. The van der Waals surface area contributed by atoms with Crippen molar-refractivity contribution in [3.05, 3.63) is 172 Å². The van der Waals surface area contributed by atoms with Gasteiger partial charge in [-0.25, -0.2) is 0 Å². The summed E-state index contributed by atoms with van der Waals surface area (Å²) in [7, 11) is -0.192. The maximum absolute atomic E-state index is 7.53. The first-order valence-corrected chi connectivity index (χ1v) is 23.9. The van der Waals surface area contributed by atoms with E-state index in [2.05, 4.69) is 61.4 Å². The van der Waals surface area contributed by atoms with Crippen LogP contribution >= 0.6 is 11.6 Å². The van der Waals surface area contributed by atoms with E-state index in [-0.39, 0.29) is 13.2 Å². The van der Waals surface area contributed by atoms with E-state index in [1.165, 1.54) is 0 Å². The first kappa shape index (κ1) is 41.9. The van der Waals surface area contributed by atoms with Crippen molar-refractivity contribution >= 4 is 19.7 Å². The summed E-state index contributed by atoms with van der Waals surface area (Å²) in [6.07, 6.45) is -2.40. The molecule has 7 rings (SSSR count). The molecule has 7 nitrogen and oxygen atoms in total. The van der Waals surface area contributed by atoms with E-state index in [1.807, 2.05) is 110 Å². The van der Waals surface area contributed by atoms with E-state index in [1.54, 1.807) is 7.11 Å². The lowest BCUT2D eigenvalue weighted by atomic mass is 9.79. The number of rotatable bonds is 16. The maximum atomic E-state index is 7.53. The van der Waals surface area contributed by atoms with Crippen molar-refractivity contribution in [1.29, 1.82) is 0 Å². The zero-order valence-electron chi connectivity index (χ0n) is 34.0. The third kappa shape index (κ3) is 9.60. The number of ether oxygens (including phenoxy) is 7. The average molecular weight is 817 g/mol.